The number of aromatic nitrogens is 4. The molecule has 7 heteroatoms. The highest BCUT2D eigenvalue weighted by Gasteiger charge is 2.29. The molecule has 6 nitrogen and oxygen atoms in total. The van der Waals surface area contributed by atoms with Crippen molar-refractivity contribution in [2.75, 3.05) is 5.75 Å². The third-order valence-corrected chi connectivity index (χ3v) is 5.86. The molecule has 2 aliphatic rings. The average Bonchev–Trinajstić information content (AvgIpc) is 3.15. The summed E-state index contributed by atoms with van der Waals surface area (Å²) in [5.41, 5.74) is 0. The van der Waals surface area contributed by atoms with Gasteiger partial charge in [-0.15, -0.1) is 5.10 Å². The molecule has 1 saturated heterocycles. The van der Waals surface area contributed by atoms with Crippen LogP contribution >= 0.6 is 11.8 Å². The van der Waals surface area contributed by atoms with Crippen molar-refractivity contribution < 1.29 is 4.79 Å². The molecule has 0 bridgehead atoms. The van der Waals surface area contributed by atoms with E-state index < -0.39 is 0 Å². The van der Waals surface area contributed by atoms with Gasteiger partial charge in [-0.3, -0.25) is 4.79 Å². The number of piperidine rings is 1. The van der Waals surface area contributed by atoms with Crippen molar-refractivity contribution in [3.05, 3.63) is 0 Å². The second kappa shape index (κ2) is 6.98. The summed E-state index contributed by atoms with van der Waals surface area (Å²) in [4.78, 5) is 14.6. The molecule has 1 aromatic rings. The molecular formula is C15H25N5OS. The number of amides is 1. The zero-order valence-electron chi connectivity index (χ0n) is 13.4. The zero-order valence-corrected chi connectivity index (χ0v) is 14.3. The number of hydrogen-bond acceptors (Lipinski definition) is 5. The fourth-order valence-electron chi connectivity index (χ4n) is 3.77. The highest BCUT2D eigenvalue weighted by Crippen LogP contribution is 2.31. The van der Waals surface area contributed by atoms with Gasteiger partial charge in [0.15, 0.2) is 0 Å². The quantitative estimate of drug-likeness (QED) is 0.797. The van der Waals surface area contributed by atoms with Gasteiger partial charge >= 0.3 is 0 Å². The maximum atomic E-state index is 12.6. The molecule has 2 heterocycles. The smallest absolute Gasteiger partial charge is 0.233 e. The summed E-state index contributed by atoms with van der Waals surface area (Å²) in [6, 6.07) is 1.12. The Morgan fingerprint density at radius 2 is 1.82 bits per heavy atom. The molecule has 1 saturated carbocycles. The Hall–Kier alpha value is -1.11. The zero-order chi connectivity index (χ0) is 15.5. The fraction of sp³-hybridized carbons (Fsp3) is 0.867. The SMILES string of the molecule is C[C@@H]1CCC[C@@H](C)N1C(=O)CSc1nnnn1C1CCCC1. The van der Waals surface area contributed by atoms with Crippen LogP contribution in [0.2, 0.25) is 0 Å². The number of rotatable bonds is 4. The molecule has 1 aliphatic carbocycles. The van der Waals surface area contributed by atoms with Crippen LogP contribution in [0.25, 0.3) is 0 Å². The number of carbonyl (C=O) groups excluding carboxylic acids is 1. The lowest BCUT2D eigenvalue weighted by atomic mass is 9.98. The molecule has 1 amide bonds. The Bertz CT molecular complexity index is 504. The van der Waals surface area contributed by atoms with E-state index in [-0.39, 0.29) is 5.91 Å². The molecule has 1 aliphatic heterocycles. The third-order valence-electron chi connectivity index (χ3n) is 4.94. The van der Waals surface area contributed by atoms with Crippen molar-refractivity contribution in [1.82, 2.24) is 25.1 Å². The summed E-state index contributed by atoms with van der Waals surface area (Å²) < 4.78 is 1.92. The predicted molar refractivity (Wildman–Crippen MR) is 85.7 cm³/mol. The third kappa shape index (κ3) is 3.29. The van der Waals surface area contributed by atoms with E-state index >= 15 is 0 Å². The van der Waals surface area contributed by atoms with Crippen LogP contribution in [0.5, 0.6) is 0 Å². The highest BCUT2D eigenvalue weighted by molar-refractivity contribution is 7.99. The Morgan fingerprint density at radius 3 is 2.50 bits per heavy atom. The second-order valence-corrected chi connectivity index (χ2v) is 7.51. The van der Waals surface area contributed by atoms with Gasteiger partial charge in [0.05, 0.1) is 11.8 Å². The minimum atomic E-state index is 0.214. The van der Waals surface area contributed by atoms with Gasteiger partial charge < -0.3 is 4.90 Å². The van der Waals surface area contributed by atoms with E-state index in [2.05, 4.69) is 34.3 Å². The summed E-state index contributed by atoms with van der Waals surface area (Å²) in [5.74, 6) is 0.646. The van der Waals surface area contributed by atoms with Crippen molar-refractivity contribution in [3.8, 4) is 0 Å². The van der Waals surface area contributed by atoms with Crippen molar-refractivity contribution >= 4 is 17.7 Å². The normalized spacial score (nSPS) is 26.5. The van der Waals surface area contributed by atoms with Crippen molar-refractivity contribution in [1.29, 1.82) is 0 Å². The summed E-state index contributed by atoms with van der Waals surface area (Å²) in [7, 11) is 0. The first-order valence-electron chi connectivity index (χ1n) is 8.38. The van der Waals surface area contributed by atoms with Crippen molar-refractivity contribution in [2.24, 2.45) is 0 Å². The first-order chi connectivity index (χ1) is 10.7. The monoisotopic (exact) mass is 323 g/mol. The molecule has 0 spiro atoms. The van der Waals surface area contributed by atoms with Gasteiger partial charge in [0.2, 0.25) is 11.1 Å². The maximum Gasteiger partial charge on any atom is 0.233 e. The second-order valence-electron chi connectivity index (χ2n) is 6.56. The number of likely N-dealkylation sites (tertiary alicyclic amines) is 1. The lowest BCUT2D eigenvalue weighted by Crippen LogP contribution is -2.48. The van der Waals surface area contributed by atoms with Crippen LogP contribution in [-0.4, -0.2) is 48.9 Å². The summed E-state index contributed by atoms with van der Waals surface area (Å²) >= 11 is 1.48. The van der Waals surface area contributed by atoms with Crippen LogP contribution in [0.15, 0.2) is 5.16 Å². The lowest BCUT2D eigenvalue weighted by Gasteiger charge is -2.39. The standard InChI is InChI=1S/C15H25N5OS/c1-11-6-5-7-12(2)19(11)14(21)10-22-15-16-17-18-20(15)13-8-3-4-9-13/h11-13H,3-10H2,1-2H3/t11-,12-/m1/s1. The van der Waals surface area contributed by atoms with Gasteiger partial charge in [0, 0.05) is 12.1 Å². The van der Waals surface area contributed by atoms with E-state index in [9.17, 15) is 4.79 Å². The molecule has 0 N–H and O–H groups in total. The number of thioether (sulfide) groups is 1. The van der Waals surface area contributed by atoms with E-state index in [4.69, 9.17) is 0 Å². The molecule has 122 valence electrons. The Kier molecular flexibility index (Phi) is 5.00. The summed E-state index contributed by atoms with van der Waals surface area (Å²) in [5, 5.41) is 12.8. The van der Waals surface area contributed by atoms with E-state index in [1.165, 1.54) is 31.0 Å². The number of hydrogen-bond donors (Lipinski definition) is 0. The molecule has 2 atom stereocenters. The highest BCUT2D eigenvalue weighted by atomic mass is 32.2. The predicted octanol–water partition coefficient (Wildman–Crippen LogP) is 2.67. The van der Waals surface area contributed by atoms with Crippen LogP contribution in [-0.2, 0) is 4.79 Å². The van der Waals surface area contributed by atoms with E-state index in [1.54, 1.807) is 0 Å². The van der Waals surface area contributed by atoms with Crippen LogP contribution in [0.4, 0.5) is 0 Å². The van der Waals surface area contributed by atoms with Gasteiger partial charge in [-0.05, 0) is 56.4 Å². The van der Waals surface area contributed by atoms with Crippen molar-refractivity contribution in [2.45, 2.75) is 82.1 Å². The Balaban J connectivity index is 1.60. The van der Waals surface area contributed by atoms with Gasteiger partial charge in [0.1, 0.15) is 0 Å². The van der Waals surface area contributed by atoms with E-state index in [0.717, 1.165) is 30.8 Å². The molecule has 2 fully saturated rings. The molecule has 0 unspecified atom stereocenters. The molecule has 3 rings (SSSR count). The molecule has 22 heavy (non-hydrogen) atoms. The molecular weight excluding hydrogens is 298 g/mol. The number of nitrogens with zero attached hydrogens (tertiary/aromatic N) is 5. The lowest BCUT2D eigenvalue weighted by molar-refractivity contribution is -0.134. The number of carbonyl (C=O) groups is 1. The molecule has 1 aromatic heterocycles. The minimum absolute atomic E-state index is 0.214. The topological polar surface area (TPSA) is 63.9 Å². The van der Waals surface area contributed by atoms with Gasteiger partial charge in [0.25, 0.3) is 0 Å². The van der Waals surface area contributed by atoms with Crippen LogP contribution in [0, 0.1) is 0 Å². The average molecular weight is 323 g/mol. The summed E-state index contributed by atoms with van der Waals surface area (Å²) in [6.07, 6.45) is 8.23. The van der Waals surface area contributed by atoms with Gasteiger partial charge in [-0.25, -0.2) is 4.68 Å². The van der Waals surface area contributed by atoms with E-state index in [1.807, 2.05) is 4.68 Å². The Morgan fingerprint density at radius 1 is 1.14 bits per heavy atom. The molecule has 0 radical (unpaired) electrons. The first-order valence-corrected chi connectivity index (χ1v) is 9.37. The number of tetrazole rings is 1. The van der Waals surface area contributed by atoms with Crippen molar-refractivity contribution in [3.63, 3.8) is 0 Å². The first kappa shape index (κ1) is 15.8. The van der Waals surface area contributed by atoms with Crippen LogP contribution < -0.4 is 0 Å². The van der Waals surface area contributed by atoms with Gasteiger partial charge in [-0.1, -0.05) is 24.6 Å². The van der Waals surface area contributed by atoms with E-state index in [0.29, 0.717) is 23.9 Å². The Labute approximate surface area is 136 Å². The van der Waals surface area contributed by atoms with Crippen LogP contribution in [0.3, 0.4) is 0 Å². The van der Waals surface area contributed by atoms with Crippen LogP contribution in [0.1, 0.15) is 64.8 Å². The van der Waals surface area contributed by atoms with Gasteiger partial charge in [-0.2, -0.15) is 0 Å². The largest absolute Gasteiger partial charge is 0.337 e. The fourth-order valence-corrected chi connectivity index (χ4v) is 4.59. The summed E-state index contributed by atoms with van der Waals surface area (Å²) in [6.45, 7) is 4.31. The maximum absolute atomic E-state index is 12.6. The minimum Gasteiger partial charge on any atom is -0.337 e. The molecule has 0 aromatic carbocycles.